The predicted molar refractivity (Wildman–Crippen MR) is 160 cm³/mol. The number of hydrogen-bond donors (Lipinski definition) is 0. The van der Waals surface area contributed by atoms with E-state index < -0.39 is 41.4 Å². The summed E-state index contributed by atoms with van der Waals surface area (Å²) in [6.07, 6.45) is 4.76. The van der Waals surface area contributed by atoms with E-state index in [2.05, 4.69) is 110 Å². The van der Waals surface area contributed by atoms with Gasteiger partial charge in [0, 0.05) is 0 Å². The normalized spacial score (nSPS) is 19.6. The third-order valence-electron chi connectivity index (χ3n) is 8.20. The van der Waals surface area contributed by atoms with Gasteiger partial charge >= 0.3 is 244 Å². The zero-order chi connectivity index (χ0) is 25.6. The average molecular weight is 718 g/mol. The molecule has 2 nitrogen and oxygen atoms in total. The Morgan fingerprint density at radius 1 is 0.737 bits per heavy atom. The quantitative estimate of drug-likeness (QED) is 0.238. The van der Waals surface area contributed by atoms with Gasteiger partial charge < -0.3 is 0 Å². The fraction of sp³-hybridized carbons (Fsp3) is 0.118. The Morgan fingerprint density at radius 3 is 2.13 bits per heavy atom. The van der Waals surface area contributed by atoms with Gasteiger partial charge in [0.2, 0.25) is 0 Å². The molecule has 1 aliphatic carbocycles. The minimum atomic E-state index is -0.584. The number of para-hydroxylation sites is 2. The van der Waals surface area contributed by atoms with E-state index in [0.29, 0.717) is 3.97 Å². The summed E-state index contributed by atoms with van der Waals surface area (Å²) in [4.78, 5) is 16.0. The van der Waals surface area contributed by atoms with Gasteiger partial charge in [-0.05, 0) is 0 Å². The van der Waals surface area contributed by atoms with Crippen molar-refractivity contribution in [1.29, 1.82) is 0 Å². The number of fused-ring (bicyclic) bond motifs is 7. The molecule has 0 amide bonds. The number of rotatable bonds is 1. The molecule has 0 N–H and O–H groups in total. The molecule has 1 unspecified atom stereocenters. The van der Waals surface area contributed by atoms with Crippen molar-refractivity contribution in [3.63, 3.8) is 0 Å². The molecule has 0 saturated heterocycles. The van der Waals surface area contributed by atoms with Crippen molar-refractivity contribution < 1.29 is 4.79 Å². The number of carbonyl (C=O) groups is 1. The molecular formula is C34H24NOTe2. The molecule has 4 aromatic carbocycles. The first kappa shape index (κ1) is 23.2. The molecule has 3 heterocycles. The first-order valence-electron chi connectivity index (χ1n) is 12.9. The molecule has 1 radical (unpaired) electrons. The molecule has 4 aliphatic rings. The predicted octanol–water partition coefficient (Wildman–Crippen LogP) is 5.65. The molecule has 3 aliphatic heterocycles. The molecule has 0 spiro atoms. The molecule has 0 fully saturated rings. The van der Waals surface area contributed by atoms with Crippen LogP contribution in [0, 0.1) is 0 Å². The van der Waals surface area contributed by atoms with Crippen LogP contribution < -0.4 is 12.1 Å². The average Bonchev–Trinajstić information content (AvgIpc) is 3.31. The number of Topliss-reactive ketones (excluding diaryl/α,β-unsaturated/α-hetero) is 1. The van der Waals surface area contributed by atoms with Gasteiger partial charge in [0.15, 0.2) is 0 Å². The van der Waals surface area contributed by atoms with E-state index in [4.69, 9.17) is 0 Å². The standard InChI is InChI=1S/C34H24NOTe2/c1-34(2)24-12-4-6-14-26(24)35(27-15-7-5-13-25(27)34)28-16-9-11-20-22-18-31-23(19-30(22)38-33(20)28)32(36)21-10-3-8-17-29(21)37-31/h3-19,30H,1-2H3. The first-order chi connectivity index (χ1) is 18.5. The van der Waals surface area contributed by atoms with Crippen LogP contribution in [0.1, 0.15) is 40.9 Å². The summed E-state index contributed by atoms with van der Waals surface area (Å²) in [7, 11) is 0. The van der Waals surface area contributed by atoms with E-state index >= 15 is 0 Å². The molecular weight excluding hydrogens is 694 g/mol. The van der Waals surface area contributed by atoms with Gasteiger partial charge in [-0.25, -0.2) is 0 Å². The number of allylic oxidation sites excluding steroid dienone is 4. The van der Waals surface area contributed by atoms with E-state index in [9.17, 15) is 4.79 Å². The van der Waals surface area contributed by atoms with Crippen LogP contribution in [0.5, 0.6) is 0 Å². The van der Waals surface area contributed by atoms with Gasteiger partial charge in [0.05, 0.1) is 0 Å². The second-order valence-corrected chi connectivity index (χ2v) is 17.0. The maximum absolute atomic E-state index is 13.5. The van der Waals surface area contributed by atoms with Crippen molar-refractivity contribution in [2.75, 3.05) is 4.90 Å². The molecule has 0 bridgehead atoms. The van der Waals surface area contributed by atoms with Crippen LogP contribution in [0.4, 0.5) is 17.1 Å². The van der Waals surface area contributed by atoms with Crippen molar-refractivity contribution in [3.05, 3.63) is 131 Å². The summed E-state index contributed by atoms with van der Waals surface area (Å²) >= 11 is -1.16. The van der Waals surface area contributed by atoms with Crippen LogP contribution in [0.15, 0.2) is 109 Å². The Morgan fingerprint density at radius 2 is 1.37 bits per heavy atom. The number of carbonyl (C=O) groups excluding carboxylic acids is 1. The zero-order valence-corrected chi connectivity index (χ0v) is 25.7. The van der Waals surface area contributed by atoms with E-state index in [0.717, 1.165) is 11.1 Å². The zero-order valence-electron chi connectivity index (χ0n) is 21.1. The van der Waals surface area contributed by atoms with Crippen LogP contribution in [-0.4, -0.2) is 50.7 Å². The minimum absolute atomic E-state index is 0.0642. The van der Waals surface area contributed by atoms with Gasteiger partial charge in [-0.2, -0.15) is 0 Å². The Labute approximate surface area is 242 Å². The van der Waals surface area contributed by atoms with Crippen LogP contribution in [0.3, 0.4) is 0 Å². The Bertz CT molecular complexity index is 1760. The monoisotopic (exact) mass is 722 g/mol. The molecule has 38 heavy (non-hydrogen) atoms. The van der Waals surface area contributed by atoms with Crippen LogP contribution in [0.2, 0.25) is 3.97 Å². The van der Waals surface area contributed by atoms with Crippen molar-refractivity contribution >= 4 is 80.6 Å². The molecule has 4 heteroatoms. The summed E-state index contributed by atoms with van der Waals surface area (Å²) in [5, 5.41) is 0. The molecule has 4 aromatic rings. The second kappa shape index (κ2) is 8.39. The molecule has 1 atom stereocenters. The Kier molecular flexibility index (Phi) is 5.12. The summed E-state index contributed by atoms with van der Waals surface area (Å²) in [6, 6.07) is 32.9. The van der Waals surface area contributed by atoms with Crippen molar-refractivity contribution in [2.45, 2.75) is 23.2 Å². The van der Waals surface area contributed by atoms with Crippen molar-refractivity contribution in [3.8, 4) is 0 Å². The number of ketones is 1. The Hall–Kier alpha value is -2.72. The summed E-state index contributed by atoms with van der Waals surface area (Å²) in [5.74, 6) is 0.229. The van der Waals surface area contributed by atoms with Crippen LogP contribution in [-0.2, 0) is 5.41 Å². The topological polar surface area (TPSA) is 20.3 Å². The van der Waals surface area contributed by atoms with E-state index in [-0.39, 0.29) is 11.2 Å². The number of benzene rings is 4. The summed E-state index contributed by atoms with van der Waals surface area (Å²) in [5.41, 5.74) is 11.3. The second-order valence-electron chi connectivity index (χ2n) is 10.7. The molecule has 8 rings (SSSR count). The van der Waals surface area contributed by atoms with E-state index in [1.54, 1.807) is 0 Å². The van der Waals surface area contributed by atoms with Crippen LogP contribution in [0.25, 0.3) is 5.57 Å². The molecule has 183 valence electrons. The van der Waals surface area contributed by atoms with Gasteiger partial charge in [0.25, 0.3) is 0 Å². The SMILES string of the molecule is CC1(C)c2ccccc2N(c2cccc3c2[Te]C2C=C4C(=O)c5ccccc5[Te]=C4C=C32)c2ccccc21. The first-order valence-corrected chi connectivity index (χ1v) is 17.8. The summed E-state index contributed by atoms with van der Waals surface area (Å²) < 4.78 is 4.48. The fourth-order valence-corrected chi connectivity index (χ4v) is 13.4. The van der Waals surface area contributed by atoms with E-state index in [1.165, 1.54) is 50.1 Å². The van der Waals surface area contributed by atoms with Gasteiger partial charge in [0.1, 0.15) is 0 Å². The molecule has 0 saturated carbocycles. The van der Waals surface area contributed by atoms with Gasteiger partial charge in [-0.1, -0.05) is 0 Å². The summed E-state index contributed by atoms with van der Waals surface area (Å²) in [6.45, 7) is 4.68. The Balaban J connectivity index is 1.31. The number of anilines is 3. The van der Waals surface area contributed by atoms with Crippen LogP contribution >= 0.6 is 0 Å². The fourth-order valence-electron chi connectivity index (χ4n) is 6.34. The number of hydrogen-bond acceptors (Lipinski definition) is 2. The third kappa shape index (κ3) is 3.19. The van der Waals surface area contributed by atoms with Gasteiger partial charge in [-0.3, -0.25) is 0 Å². The van der Waals surface area contributed by atoms with Crippen molar-refractivity contribution in [2.24, 2.45) is 0 Å². The van der Waals surface area contributed by atoms with Crippen molar-refractivity contribution in [1.82, 2.24) is 0 Å². The maximum atomic E-state index is 13.5. The molecule has 0 aromatic heterocycles. The van der Waals surface area contributed by atoms with E-state index in [1.807, 2.05) is 12.1 Å². The van der Waals surface area contributed by atoms with Gasteiger partial charge in [-0.15, -0.1) is 0 Å². The number of nitrogens with zero attached hydrogens (tertiary/aromatic N) is 1. The third-order valence-corrected chi connectivity index (χ3v) is 15.2.